The zero-order valence-electron chi connectivity index (χ0n) is 22.2. The van der Waals surface area contributed by atoms with Gasteiger partial charge in [-0.1, -0.05) is 53.5 Å². The van der Waals surface area contributed by atoms with Gasteiger partial charge in [0.2, 0.25) is 5.88 Å². The standard InChI is InChI=1S/C33H24Cl2N2O4/c1-38-26-13-8-21(9-14-26)31-28(18-36)33(41-32(31)22-10-15-27(39-2)16-11-22)37-19-23-5-3-4-6-30(23)40-20-24-7-12-25(34)17-29(24)35/h3-17,19H,20H2,1-2H3. The van der Waals surface area contributed by atoms with Crippen LogP contribution in [0.3, 0.4) is 0 Å². The lowest BCUT2D eigenvalue weighted by Gasteiger charge is -2.10. The molecule has 0 aliphatic carbocycles. The first-order chi connectivity index (χ1) is 20.0. The Balaban J connectivity index is 1.53. The van der Waals surface area contributed by atoms with Crippen molar-refractivity contribution in [3.63, 3.8) is 0 Å². The topological polar surface area (TPSA) is 77.0 Å². The summed E-state index contributed by atoms with van der Waals surface area (Å²) in [5.41, 5.74) is 4.02. The third-order valence-corrected chi connectivity index (χ3v) is 6.96. The first-order valence-electron chi connectivity index (χ1n) is 12.6. The molecule has 0 saturated carbocycles. The molecule has 0 aliphatic heterocycles. The Morgan fingerprint density at radius 2 is 1.51 bits per heavy atom. The Hall–Kier alpha value is -4.70. The van der Waals surface area contributed by atoms with E-state index in [0.29, 0.717) is 49.7 Å². The zero-order chi connectivity index (χ0) is 28.8. The highest BCUT2D eigenvalue weighted by atomic mass is 35.5. The number of ether oxygens (including phenoxy) is 3. The molecule has 1 heterocycles. The summed E-state index contributed by atoms with van der Waals surface area (Å²) < 4.78 is 22.9. The summed E-state index contributed by atoms with van der Waals surface area (Å²) in [6.07, 6.45) is 1.62. The molecule has 0 aliphatic rings. The third kappa shape index (κ3) is 6.22. The predicted octanol–water partition coefficient (Wildman–Crippen LogP) is 9.14. The highest BCUT2D eigenvalue weighted by Crippen LogP contribution is 2.43. The SMILES string of the molecule is COc1ccc(-c2oc(N=Cc3ccccc3OCc3ccc(Cl)cc3Cl)c(C#N)c2-c2ccc(OC)cc2)cc1. The lowest BCUT2D eigenvalue weighted by Crippen LogP contribution is -1.99. The molecular weight excluding hydrogens is 559 g/mol. The van der Waals surface area contributed by atoms with E-state index in [9.17, 15) is 5.26 Å². The van der Waals surface area contributed by atoms with Crippen molar-refractivity contribution >= 4 is 35.3 Å². The van der Waals surface area contributed by atoms with E-state index in [-0.39, 0.29) is 12.5 Å². The summed E-state index contributed by atoms with van der Waals surface area (Å²) in [5, 5.41) is 11.3. The molecular formula is C33H24Cl2N2O4. The lowest BCUT2D eigenvalue weighted by atomic mass is 9.98. The molecule has 4 aromatic carbocycles. The number of rotatable bonds is 9. The van der Waals surface area contributed by atoms with Gasteiger partial charge in [0.15, 0.2) is 0 Å². The van der Waals surface area contributed by atoms with Crippen LogP contribution in [0.25, 0.3) is 22.5 Å². The van der Waals surface area contributed by atoms with Crippen LogP contribution in [-0.4, -0.2) is 20.4 Å². The molecule has 0 fully saturated rings. The molecule has 0 amide bonds. The maximum atomic E-state index is 10.2. The predicted molar refractivity (Wildman–Crippen MR) is 162 cm³/mol. The van der Waals surface area contributed by atoms with Gasteiger partial charge in [-0.15, -0.1) is 0 Å². The van der Waals surface area contributed by atoms with Gasteiger partial charge in [0.1, 0.15) is 41.2 Å². The van der Waals surface area contributed by atoms with Crippen molar-refractivity contribution in [3.05, 3.63) is 118 Å². The Kier molecular flexibility index (Phi) is 8.59. The second-order valence-corrected chi connectivity index (χ2v) is 9.72. The molecule has 6 nitrogen and oxygen atoms in total. The monoisotopic (exact) mass is 582 g/mol. The molecule has 0 bridgehead atoms. The van der Waals surface area contributed by atoms with Gasteiger partial charge in [0, 0.05) is 38.5 Å². The van der Waals surface area contributed by atoms with Crippen molar-refractivity contribution < 1.29 is 18.6 Å². The van der Waals surface area contributed by atoms with Gasteiger partial charge in [-0.05, 0) is 66.2 Å². The second kappa shape index (κ2) is 12.6. The van der Waals surface area contributed by atoms with Gasteiger partial charge in [0.05, 0.1) is 14.2 Å². The summed E-state index contributed by atoms with van der Waals surface area (Å²) in [6.45, 7) is 0.244. The van der Waals surface area contributed by atoms with Crippen molar-refractivity contribution in [2.75, 3.05) is 14.2 Å². The fraction of sp³-hybridized carbons (Fsp3) is 0.0909. The number of para-hydroxylation sites is 1. The minimum Gasteiger partial charge on any atom is -0.497 e. The van der Waals surface area contributed by atoms with Gasteiger partial charge < -0.3 is 18.6 Å². The quantitative estimate of drug-likeness (QED) is 0.162. The first kappa shape index (κ1) is 27.9. The van der Waals surface area contributed by atoms with Crippen molar-refractivity contribution in [2.24, 2.45) is 4.99 Å². The molecule has 0 N–H and O–H groups in total. The molecule has 41 heavy (non-hydrogen) atoms. The van der Waals surface area contributed by atoms with E-state index in [0.717, 1.165) is 16.7 Å². The number of nitrogens with zero attached hydrogens (tertiary/aromatic N) is 2. The van der Waals surface area contributed by atoms with E-state index < -0.39 is 0 Å². The Bertz CT molecular complexity index is 1740. The van der Waals surface area contributed by atoms with Gasteiger partial charge in [-0.3, -0.25) is 0 Å². The van der Waals surface area contributed by atoms with Crippen LogP contribution in [0.15, 0.2) is 100 Å². The number of halogens is 2. The summed E-state index contributed by atoms with van der Waals surface area (Å²) in [6, 6.07) is 29.9. The molecule has 0 saturated heterocycles. The molecule has 0 radical (unpaired) electrons. The van der Waals surface area contributed by atoms with Crippen LogP contribution < -0.4 is 14.2 Å². The number of hydrogen-bond donors (Lipinski definition) is 0. The van der Waals surface area contributed by atoms with Crippen LogP contribution in [0.1, 0.15) is 16.7 Å². The van der Waals surface area contributed by atoms with Crippen LogP contribution in [0.2, 0.25) is 10.0 Å². The second-order valence-electron chi connectivity index (χ2n) is 8.88. The van der Waals surface area contributed by atoms with E-state index in [2.05, 4.69) is 11.1 Å². The van der Waals surface area contributed by atoms with E-state index in [1.807, 2.05) is 78.9 Å². The van der Waals surface area contributed by atoms with Gasteiger partial charge in [0.25, 0.3) is 0 Å². The molecule has 204 valence electrons. The first-order valence-corrected chi connectivity index (χ1v) is 13.3. The average Bonchev–Trinajstić information content (AvgIpc) is 3.38. The fourth-order valence-electron chi connectivity index (χ4n) is 4.23. The van der Waals surface area contributed by atoms with E-state index in [1.54, 1.807) is 32.6 Å². The summed E-state index contributed by atoms with van der Waals surface area (Å²) in [4.78, 5) is 4.60. The summed E-state index contributed by atoms with van der Waals surface area (Å²) >= 11 is 12.3. The van der Waals surface area contributed by atoms with E-state index in [4.69, 9.17) is 41.8 Å². The van der Waals surface area contributed by atoms with Crippen LogP contribution in [0, 0.1) is 11.3 Å². The number of aliphatic imine (C=N–C) groups is 1. The number of nitriles is 1. The van der Waals surface area contributed by atoms with Crippen molar-refractivity contribution in [3.8, 4) is 45.8 Å². The summed E-state index contributed by atoms with van der Waals surface area (Å²) in [7, 11) is 3.21. The molecule has 5 rings (SSSR count). The Labute approximate surface area is 248 Å². The highest BCUT2D eigenvalue weighted by Gasteiger charge is 2.23. The molecule has 8 heteroatoms. The van der Waals surface area contributed by atoms with Crippen LogP contribution in [0.5, 0.6) is 17.2 Å². The lowest BCUT2D eigenvalue weighted by molar-refractivity contribution is 0.306. The minimum absolute atomic E-state index is 0.180. The molecule has 5 aromatic rings. The summed E-state index contributed by atoms with van der Waals surface area (Å²) in [5.74, 6) is 2.71. The zero-order valence-corrected chi connectivity index (χ0v) is 23.7. The van der Waals surface area contributed by atoms with Crippen LogP contribution >= 0.6 is 23.2 Å². The largest absolute Gasteiger partial charge is 0.497 e. The molecule has 0 spiro atoms. The minimum atomic E-state index is 0.180. The maximum Gasteiger partial charge on any atom is 0.238 e. The Morgan fingerprint density at radius 3 is 2.15 bits per heavy atom. The normalized spacial score (nSPS) is 10.9. The van der Waals surface area contributed by atoms with Crippen LogP contribution in [0.4, 0.5) is 5.88 Å². The number of hydrogen-bond acceptors (Lipinski definition) is 6. The van der Waals surface area contributed by atoms with E-state index in [1.165, 1.54) is 0 Å². The van der Waals surface area contributed by atoms with Crippen molar-refractivity contribution in [1.29, 1.82) is 5.26 Å². The fourth-order valence-corrected chi connectivity index (χ4v) is 4.70. The highest BCUT2D eigenvalue weighted by molar-refractivity contribution is 6.35. The third-order valence-electron chi connectivity index (χ3n) is 6.37. The maximum absolute atomic E-state index is 10.2. The smallest absolute Gasteiger partial charge is 0.238 e. The Morgan fingerprint density at radius 1 is 0.854 bits per heavy atom. The van der Waals surface area contributed by atoms with E-state index >= 15 is 0 Å². The van der Waals surface area contributed by atoms with Gasteiger partial charge in [-0.25, -0.2) is 4.99 Å². The molecule has 0 atom stereocenters. The van der Waals surface area contributed by atoms with Crippen LogP contribution in [-0.2, 0) is 6.61 Å². The van der Waals surface area contributed by atoms with Gasteiger partial charge in [-0.2, -0.15) is 5.26 Å². The van der Waals surface area contributed by atoms with Gasteiger partial charge >= 0.3 is 0 Å². The average molecular weight is 583 g/mol. The number of furan rings is 1. The number of methoxy groups -OCH3 is 2. The van der Waals surface area contributed by atoms with Crippen molar-refractivity contribution in [2.45, 2.75) is 6.61 Å². The number of benzene rings is 4. The molecule has 1 aromatic heterocycles. The van der Waals surface area contributed by atoms with Crippen molar-refractivity contribution in [1.82, 2.24) is 0 Å². The molecule has 0 unspecified atom stereocenters.